The van der Waals surface area contributed by atoms with Crippen molar-refractivity contribution in [1.29, 1.82) is 0 Å². The first-order valence-electron chi connectivity index (χ1n) is 9.60. The first-order valence-corrected chi connectivity index (χ1v) is 10.4. The highest BCUT2D eigenvalue weighted by Gasteiger charge is 2.55. The van der Waals surface area contributed by atoms with E-state index in [9.17, 15) is 9.59 Å². The zero-order valence-electron chi connectivity index (χ0n) is 15.6. The predicted octanol–water partition coefficient (Wildman–Crippen LogP) is 3.20. The van der Waals surface area contributed by atoms with E-state index in [0.717, 1.165) is 35.4 Å². The van der Waals surface area contributed by atoms with Gasteiger partial charge in [-0.1, -0.05) is 0 Å². The van der Waals surface area contributed by atoms with Crippen molar-refractivity contribution < 1.29 is 19.1 Å². The van der Waals surface area contributed by atoms with Gasteiger partial charge in [0.05, 0.1) is 34.7 Å². The summed E-state index contributed by atoms with van der Waals surface area (Å²) < 4.78 is 11.8. The number of hydrogen-bond acceptors (Lipinski definition) is 5. The molecule has 0 radical (unpaired) electrons. The first kappa shape index (κ1) is 17.7. The minimum absolute atomic E-state index is 0.00917. The van der Waals surface area contributed by atoms with E-state index in [1.54, 1.807) is 6.07 Å². The van der Waals surface area contributed by atoms with Gasteiger partial charge < -0.3 is 20.1 Å². The summed E-state index contributed by atoms with van der Waals surface area (Å²) in [5.41, 5.74) is 6.62. The fourth-order valence-corrected chi connectivity index (χ4v) is 5.52. The Labute approximate surface area is 167 Å². The number of benzene rings is 1. The van der Waals surface area contributed by atoms with Gasteiger partial charge in [-0.25, -0.2) is 0 Å². The van der Waals surface area contributed by atoms with Crippen molar-refractivity contribution in [1.82, 2.24) is 0 Å². The van der Waals surface area contributed by atoms with Crippen molar-refractivity contribution >= 4 is 28.8 Å². The van der Waals surface area contributed by atoms with Crippen LogP contribution in [0.3, 0.4) is 0 Å². The van der Waals surface area contributed by atoms with E-state index in [4.69, 9.17) is 15.2 Å². The number of fused-ring (bicyclic) bond motifs is 3. The van der Waals surface area contributed by atoms with Gasteiger partial charge in [-0.15, -0.1) is 11.3 Å². The van der Waals surface area contributed by atoms with Crippen LogP contribution < -0.4 is 15.4 Å². The number of primary amides is 1. The lowest BCUT2D eigenvalue weighted by molar-refractivity contribution is -0.130. The number of hydrogen-bond donors (Lipinski definition) is 1. The van der Waals surface area contributed by atoms with Crippen molar-refractivity contribution in [2.45, 2.75) is 38.4 Å². The highest BCUT2D eigenvalue weighted by molar-refractivity contribution is 7.17. The second-order valence-electron chi connectivity index (χ2n) is 7.96. The molecule has 3 aliphatic heterocycles. The second-order valence-corrected chi connectivity index (χ2v) is 9.05. The number of amides is 2. The minimum atomic E-state index is -0.477. The number of thiophene rings is 1. The van der Waals surface area contributed by atoms with Gasteiger partial charge in [0.1, 0.15) is 12.4 Å². The van der Waals surface area contributed by atoms with Crippen molar-refractivity contribution in [2.75, 3.05) is 18.1 Å². The smallest absolute Gasteiger partial charge is 0.258 e. The Hall–Kier alpha value is -2.38. The third-order valence-electron chi connectivity index (χ3n) is 6.16. The van der Waals surface area contributed by atoms with Crippen LogP contribution in [0.1, 0.15) is 35.9 Å². The minimum Gasteiger partial charge on any atom is -0.490 e. The Bertz CT molecular complexity index is 971. The molecule has 2 amide bonds. The summed E-state index contributed by atoms with van der Waals surface area (Å²) in [6.45, 7) is 3.05. The maximum Gasteiger partial charge on any atom is 0.258 e. The van der Waals surface area contributed by atoms with Crippen molar-refractivity contribution in [3.8, 4) is 16.2 Å². The Morgan fingerprint density at radius 2 is 2.11 bits per heavy atom. The van der Waals surface area contributed by atoms with E-state index in [0.29, 0.717) is 23.8 Å². The van der Waals surface area contributed by atoms with Crippen LogP contribution in [0.25, 0.3) is 10.4 Å². The van der Waals surface area contributed by atoms with E-state index in [2.05, 4.69) is 0 Å². The molecule has 3 aliphatic rings. The summed E-state index contributed by atoms with van der Waals surface area (Å²) in [7, 11) is 0. The Morgan fingerprint density at radius 3 is 2.79 bits per heavy atom. The van der Waals surface area contributed by atoms with Crippen LogP contribution in [0.5, 0.6) is 5.75 Å². The van der Waals surface area contributed by atoms with Crippen molar-refractivity contribution in [3.63, 3.8) is 0 Å². The third kappa shape index (κ3) is 2.64. The highest BCUT2D eigenvalue weighted by Crippen LogP contribution is 2.50. The summed E-state index contributed by atoms with van der Waals surface area (Å²) >= 11 is 1.35. The molecule has 2 saturated heterocycles. The second kappa shape index (κ2) is 6.32. The van der Waals surface area contributed by atoms with Crippen LogP contribution in [0, 0.1) is 5.41 Å². The third-order valence-corrected chi connectivity index (χ3v) is 7.31. The molecule has 2 aromatic rings. The highest BCUT2D eigenvalue weighted by atomic mass is 32.1. The molecule has 146 valence electrons. The Balaban J connectivity index is 1.50. The monoisotopic (exact) mass is 398 g/mol. The van der Waals surface area contributed by atoms with E-state index in [1.807, 2.05) is 36.1 Å². The SMILES string of the molecule is CC1(C(=O)N2CCOc3ccc(-c4ccc(C(N)=O)s4)cc32)CC2CCC1O2. The molecule has 3 unspecified atom stereocenters. The van der Waals surface area contributed by atoms with E-state index < -0.39 is 11.3 Å². The largest absolute Gasteiger partial charge is 0.490 e. The van der Waals surface area contributed by atoms with Gasteiger partial charge in [-0.3, -0.25) is 9.59 Å². The average molecular weight is 398 g/mol. The maximum atomic E-state index is 13.5. The van der Waals surface area contributed by atoms with E-state index in [-0.39, 0.29) is 18.1 Å². The first-order chi connectivity index (χ1) is 13.5. The summed E-state index contributed by atoms with van der Waals surface area (Å²) in [6.07, 6.45) is 3.02. The summed E-state index contributed by atoms with van der Waals surface area (Å²) in [4.78, 5) is 28.3. The molecular weight excluding hydrogens is 376 g/mol. The molecule has 2 N–H and O–H groups in total. The van der Waals surface area contributed by atoms with Gasteiger partial charge in [0.15, 0.2) is 0 Å². The maximum absolute atomic E-state index is 13.5. The Morgan fingerprint density at radius 1 is 1.25 bits per heavy atom. The summed E-state index contributed by atoms with van der Waals surface area (Å²) in [5.74, 6) is 0.395. The van der Waals surface area contributed by atoms with Crippen molar-refractivity contribution in [3.05, 3.63) is 35.2 Å². The van der Waals surface area contributed by atoms with Crippen molar-refractivity contribution in [2.24, 2.45) is 11.1 Å². The van der Waals surface area contributed by atoms with Crippen LogP contribution >= 0.6 is 11.3 Å². The molecule has 2 bridgehead atoms. The summed E-state index contributed by atoms with van der Waals surface area (Å²) in [6, 6.07) is 9.43. The Kier molecular flexibility index (Phi) is 4.00. The molecule has 0 aliphatic carbocycles. The van der Waals surface area contributed by atoms with E-state index >= 15 is 0 Å². The van der Waals surface area contributed by atoms with Gasteiger partial charge in [0.2, 0.25) is 5.91 Å². The molecule has 4 heterocycles. The van der Waals surface area contributed by atoms with Gasteiger partial charge in [0.25, 0.3) is 5.91 Å². The zero-order valence-corrected chi connectivity index (χ0v) is 16.5. The lowest BCUT2D eigenvalue weighted by Gasteiger charge is -2.38. The molecule has 0 spiro atoms. The lowest BCUT2D eigenvalue weighted by atomic mass is 9.74. The van der Waals surface area contributed by atoms with Crippen LogP contribution in [-0.4, -0.2) is 37.2 Å². The molecule has 3 atom stereocenters. The van der Waals surface area contributed by atoms with Crippen LogP contribution in [0.4, 0.5) is 5.69 Å². The fraction of sp³-hybridized carbons (Fsp3) is 0.429. The van der Waals surface area contributed by atoms with Gasteiger partial charge in [-0.2, -0.15) is 0 Å². The van der Waals surface area contributed by atoms with Crippen LogP contribution in [-0.2, 0) is 9.53 Å². The molecule has 7 heteroatoms. The van der Waals surface area contributed by atoms with Crippen LogP contribution in [0.15, 0.2) is 30.3 Å². The predicted molar refractivity (Wildman–Crippen MR) is 107 cm³/mol. The molecule has 6 nitrogen and oxygen atoms in total. The average Bonchev–Trinajstić information content (AvgIpc) is 3.42. The summed E-state index contributed by atoms with van der Waals surface area (Å²) in [5, 5.41) is 0. The number of carbonyl (C=O) groups excluding carboxylic acids is 2. The number of ether oxygens (including phenoxy) is 2. The number of nitrogens with two attached hydrogens (primary N) is 1. The number of rotatable bonds is 3. The standard InChI is InChI=1S/C21H22N2O4S/c1-21(11-13-3-7-18(21)27-13)20(25)23-8-9-26-15-4-2-12(10-14(15)23)16-5-6-17(28-16)19(22)24/h2,4-6,10,13,18H,3,7-9,11H2,1H3,(H2,22,24). The molecular formula is C21H22N2O4S. The molecule has 28 heavy (non-hydrogen) atoms. The quantitative estimate of drug-likeness (QED) is 0.861. The molecule has 1 aromatic carbocycles. The molecule has 0 saturated carbocycles. The molecule has 1 aromatic heterocycles. The number of anilines is 1. The molecule has 2 fully saturated rings. The number of nitrogens with zero attached hydrogens (tertiary/aromatic N) is 1. The topological polar surface area (TPSA) is 81.9 Å². The zero-order chi connectivity index (χ0) is 19.5. The van der Waals surface area contributed by atoms with E-state index in [1.165, 1.54) is 11.3 Å². The molecule has 5 rings (SSSR count). The lowest BCUT2D eigenvalue weighted by Crippen LogP contribution is -2.50. The van der Waals surface area contributed by atoms with Crippen LogP contribution in [0.2, 0.25) is 0 Å². The van der Waals surface area contributed by atoms with Gasteiger partial charge in [-0.05, 0) is 62.1 Å². The normalized spacial score (nSPS) is 28.1. The number of carbonyl (C=O) groups is 2. The van der Waals surface area contributed by atoms with Gasteiger partial charge >= 0.3 is 0 Å². The van der Waals surface area contributed by atoms with Gasteiger partial charge in [0, 0.05) is 4.88 Å². The fourth-order valence-electron chi connectivity index (χ4n) is 4.67.